The molecule has 1 aromatic heterocycles. The van der Waals surface area contributed by atoms with Crippen molar-refractivity contribution in [2.24, 2.45) is 10.9 Å². The highest BCUT2D eigenvalue weighted by Crippen LogP contribution is 2.47. The van der Waals surface area contributed by atoms with E-state index in [4.69, 9.17) is 14.5 Å². The predicted octanol–water partition coefficient (Wildman–Crippen LogP) is 3.64. The molecule has 0 fully saturated rings. The van der Waals surface area contributed by atoms with Gasteiger partial charge >= 0.3 is 0 Å². The molecule has 0 spiro atoms. The number of benzene rings is 3. The van der Waals surface area contributed by atoms with E-state index in [0.29, 0.717) is 15.1 Å². The van der Waals surface area contributed by atoms with Crippen molar-refractivity contribution < 1.29 is 14.3 Å². The number of thiazole rings is 1. The summed E-state index contributed by atoms with van der Waals surface area (Å²) in [6.45, 7) is 3.76. The Hall–Kier alpha value is -4.17. The van der Waals surface area contributed by atoms with Gasteiger partial charge in [-0.2, -0.15) is 0 Å². The first-order chi connectivity index (χ1) is 17.9. The zero-order chi connectivity index (χ0) is 25.7. The molecule has 186 valence electrons. The highest BCUT2D eigenvalue weighted by atomic mass is 32.1. The number of amides is 1. The van der Waals surface area contributed by atoms with Gasteiger partial charge in [0.25, 0.3) is 5.56 Å². The van der Waals surface area contributed by atoms with Crippen LogP contribution in [0.5, 0.6) is 11.5 Å². The standard InChI is InChI=1S/C29H25N3O4S/c1-17-8-4-6-10-21(17)30-26(33)24-25-20-9-5-7-11-22(20)36-29(24,2)31-28-32(25)27(34)23(37-28)16-18-12-14-19(35-3)15-13-18/h4-16,24-25H,1-3H3,(H,30,33)/b23-16+/t24-,25-,29+/m1/s1. The number of nitrogens with zero attached hydrogens (tertiary/aromatic N) is 2. The monoisotopic (exact) mass is 511 g/mol. The summed E-state index contributed by atoms with van der Waals surface area (Å²) in [5, 5.41) is 3.06. The third-order valence-corrected chi connectivity index (χ3v) is 7.96. The number of carbonyl (C=O) groups excluding carboxylic acids is 1. The fourth-order valence-corrected chi connectivity index (χ4v) is 6.22. The number of hydrogen-bond acceptors (Lipinski definition) is 6. The summed E-state index contributed by atoms with van der Waals surface area (Å²) in [6.07, 6.45) is 1.84. The Labute approximate surface area is 217 Å². The lowest BCUT2D eigenvalue weighted by Gasteiger charge is -2.45. The maximum absolute atomic E-state index is 13.8. The van der Waals surface area contributed by atoms with E-state index in [1.807, 2.05) is 92.7 Å². The van der Waals surface area contributed by atoms with Crippen LogP contribution in [0.1, 0.15) is 29.7 Å². The van der Waals surface area contributed by atoms with Crippen molar-refractivity contribution in [3.63, 3.8) is 0 Å². The molecule has 8 heteroatoms. The second-order valence-corrected chi connectivity index (χ2v) is 10.4. The van der Waals surface area contributed by atoms with Gasteiger partial charge in [-0.3, -0.25) is 14.2 Å². The molecule has 37 heavy (non-hydrogen) atoms. The molecule has 2 aliphatic heterocycles. The van der Waals surface area contributed by atoms with Crippen LogP contribution in [0.3, 0.4) is 0 Å². The van der Waals surface area contributed by atoms with Crippen molar-refractivity contribution in [1.29, 1.82) is 0 Å². The van der Waals surface area contributed by atoms with E-state index >= 15 is 0 Å². The molecule has 1 N–H and O–H groups in total. The van der Waals surface area contributed by atoms with Crippen LogP contribution in [0.4, 0.5) is 5.69 Å². The van der Waals surface area contributed by atoms with E-state index in [1.54, 1.807) is 11.7 Å². The Balaban J connectivity index is 1.51. The number of nitrogens with one attached hydrogen (secondary N) is 1. The molecule has 2 bridgehead atoms. The van der Waals surface area contributed by atoms with E-state index in [2.05, 4.69) is 5.32 Å². The highest BCUT2D eigenvalue weighted by molar-refractivity contribution is 7.07. The number of aromatic nitrogens is 1. The number of rotatable bonds is 4. The second-order valence-electron chi connectivity index (χ2n) is 9.37. The third kappa shape index (κ3) is 3.84. The molecule has 4 aromatic rings. The molecule has 1 amide bonds. The average molecular weight is 512 g/mol. The van der Waals surface area contributed by atoms with Gasteiger partial charge in [-0.15, -0.1) is 0 Å². The minimum absolute atomic E-state index is 0.183. The number of para-hydroxylation sites is 2. The largest absolute Gasteiger partial charge is 0.497 e. The molecule has 0 saturated heterocycles. The maximum Gasteiger partial charge on any atom is 0.270 e. The van der Waals surface area contributed by atoms with Crippen molar-refractivity contribution in [3.05, 3.63) is 109 Å². The maximum atomic E-state index is 13.8. The summed E-state index contributed by atoms with van der Waals surface area (Å²) in [4.78, 5) is 33.1. The van der Waals surface area contributed by atoms with Crippen LogP contribution in [-0.4, -0.2) is 23.3 Å². The normalized spacial score (nSPS) is 21.8. The summed E-state index contributed by atoms with van der Waals surface area (Å²) >= 11 is 1.30. The zero-order valence-electron chi connectivity index (χ0n) is 20.6. The van der Waals surface area contributed by atoms with E-state index in [1.165, 1.54) is 11.3 Å². The average Bonchev–Trinajstić information content (AvgIpc) is 3.18. The van der Waals surface area contributed by atoms with Gasteiger partial charge in [-0.05, 0) is 55.3 Å². The van der Waals surface area contributed by atoms with Crippen molar-refractivity contribution in [2.45, 2.75) is 25.6 Å². The second kappa shape index (κ2) is 8.74. The topological polar surface area (TPSA) is 81.9 Å². The van der Waals surface area contributed by atoms with Crippen LogP contribution in [0.15, 0.2) is 82.6 Å². The zero-order valence-corrected chi connectivity index (χ0v) is 21.4. The van der Waals surface area contributed by atoms with Gasteiger partial charge in [-0.25, -0.2) is 4.99 Å². The molecule has 0 radical (unpaired) electrons. The fraction of sp³-hybridized carbons (Fsp3) is 0.207. The number of aryl methyl sites for hydroxylation is 1. The van der Waals surface area contributed by atoms with E-state index in [-0.39, 0.29) is 11.5 Å². The molecule has 7 nitrogen and oxygen atoms in total. The van der Waals surface area contributed by atoms with Crippen LogP contribution < -0.4 is 29.7 Å². The van der Waals surface area contributed by atoms with Gasteiger partial charge in [0.15, 0.2) is 4.80 Å². The lowest BCUT2D eigenvalue weighted by Crippen LogP contribution is -2.59. The van der Waals surface area contributed by atoms with Crippen molar-refractivity contribution in [2.75, 3.05) is 12.4 Å². The lowest BCUT2D eigenvalue weighted by molar-refractivity contribution is -0.131. The first-order valence-electron chi connectivity index (χ1n) is 12.0. The smallest absolute Gasteiger partial charge is 0.270 e. The highest BCUT2D eigenvalue weighted by Gasteiger charge is 2.55. The number of anilines is 1. The van der Waals surface area contributed by atoms with E-state index < -0.39 is 17.7 Å². The quantitative estimate of drug-likeness (QED) is 0.454. The molecule has 0 unspecified atom stereocenters. The third-order valence-electron chi connectivity index (χ3n) is 6.98. The fourth-order valence-electron chi connectivity index (χ4n) is 5.12. The molecular formula is C29H25N3O4S. The molecule has 6 rings (SSSR count). The molecule has 3 atom stereocenters. The van der Waals surface area contributed by atoms with Crippen molar-refractivity contribution >= 4 is 29.0 Å². The van der Waals surface area contributed by atoms with Crippen LogP contribution in [-0.2, 0) is 4.79 Å². The summed E-state index contributed by atoms with van der Waals surface area (Å²) in [5.41, 5.74) is 1.97. The minimum Gasteiger partial charge on any atom is -0.497 e. The Morgan fingerprint density at radius 1 is 1.11 bits per heavy atom. The van der Waals surface area contributed by atoms with Crippen molar-refractivity contribution in [3.8, 4) is 11.5 Å². The first-order valence-corrected chi connectivity index (χ1v) is 12.8. The summed E-state index contributed by atoms with van der Waals surface area (Å²) in [6, 6.07) is 22.1. The number of ether oxygens (including phenoxy) is 2. The van der Waals surface area contributed by atoms with Crippen LogP contribution in [0, 0.1) is 12.8 Å². The van der Waals surface area contributed by atoms with Crippen LogP contribution >= 0.6 is 11.3 Å². The molecular weight excluding hydrogens is 486 g/mol. The number of fused-ring (bicyclic) bond motifs is 6. The van der Waals surface area contributed by atoms with Gasteiger partial charge in [0, 0.05) is 11.3 Å². The number of hydrogen-bond donors (Lipinski definition) is 1. The summed E-state index contributed by atoms with van der Waals surface area (Å²) in [5.74, 6) is 0.371. The van der Waals surface area contributed by atoms with Crippen molar-refractivity contribution in [1.82, 2.24) is 4.57 Å². The Bertz CT molecular complexity index is 1710. The SMILES string of the molecule is COc1ccc(/C=c2/sc3n(c2=O)[C@@H]2c4ccccc4O[C@](C)(N=3)[C@H]2C(=O)Nc2ccccc2C)cc1. The molecule has 0 saturated carbocycles. The van der Waals surface area contributed by atoms with Gasteiger partial charge < -0.3 is 14.8 Å². The first kappa shape index (κ1) is 23.2. The minimum atomic E-state index is -1.18. The van der Waals surface area contributed by atoms with Gasteiger partial charge in [0.05, 0.1) is 17.7 Å². The van der Waals surface area contributed by atoms with Crippen LogP contribution in [0.2, 0.25) is 0 Å². The van der Waals surface area contributed by atoms with Gasteiger partial charge in [0.1, 0.15) is 17.4 Å². The van der Waals surface area contributed by atoms with Gasteiger partial charge in [0.2, 0.25) is 11.6 Å². The molecule has 2 aliphatic rings. The van der Waals surface area contributed by atoms with E-state index in [0.717, 1.165) is 28.1 Å². The van der Waals surface area contributed by atoms with Gasteiger partial charge in [-0.1, -0.05) is 59.9 Å². The van der Waals surface area contributed by atoms with Crippen LogP contribution in [0.25, 0.3) is 6.08 Å². The lowest BCUT2D eigenvalue weighted by atomic mass is 9.80. The van der Waals surface area contributed by atoms with E-state index in [9.17, 15) is 9.59 Å². The molecule has 0 aliphatic carbocycles. The predicted molar refractivity (Wildman–Crippen MR) is 143 cm³/mol. The number of methoxy groups -OCH3 is 1. The summed E-state index contributed by atoms with van der Waals surface area (Å²) < 4.78 is 13.8. The Morgan fingerprint density at radius 2 is 1.84 bits per heavy atom. The number of carbonyl (C=O) groups is 1. The molecule has 3 heterocycles. The Morgan fingerprint density at radius 3 is 2.59 bits per heavy atom. The Kier molecular flexibility index (Phi) is 5.49. The molecule has 3 aromatic carbocycles. The summed E-state index contributed by atoms with van der Waals surface area (Å²) in [7, 11) is 1.62.